The SMILES string of the molecule is O=CCCCC1CCCC1=O. The van der Waals surface area contributed by atoms with E-state index in [1.54, 1.807) is 0 Å². The van der Waals surface area contributed by atoms with Crippen molar-refractivity contribution in [2.75, 3.05) is 0 Å². The van der Waals surface area contributed by atoms with Gasteiger partial charge < -0.3 is 4.79 Å². The zero-order valence-electron chi connectivity index (χ0n) is 6.71. The van der Waals surface area contributed by atoms with Gasteiger partial charge in [-0.15, -0.1) is 0 Å². The van der Waals surface area contributed by atoms with Gasteiger partial charge >= 0.3 is 0 Å². The predicted molar refractivity (Wildman–Crippen MR) is 42.3 cm³/mol. The third kappa shape index (κ3) is 2.45. The lowest BCUT2D eigenvalue weighted by Gasteiger charge is -2.04. The molecular formula is C9H14O2. The highest BCUT2D eigenvalue weighted by molar-refractivity contribution is 5.82. The minimum Gasteiger partial charge on any atom is -0.303 e. The van der Waals surface area contributed by atoms with Gasteiger partial charge in [-0.25, -0.2) is 0 Å². The average Bonchev–Trinajstić information content (AvgIpc) is 2.37. The van der Waals surface area contributed by atoms with Gasteiger partial charge in [0.05, 0.1) is 0 Å². The van der Waals surface area contributed by atoms with Gasteiger partial charge in [-0.3, -0.25) is 4.79 Å². The van der Waals surface area contributed by atoms with Gasteiger partial charge in [-0.05, 0) is 25.7 Å². The molecule has 0 saturated heterocycles. The van der Waals surface area contributed by atoms with Gasteiger partial charge in [-0.2, -0.15) is 0 Å². The molecule has 1 aliphatic rings. The van der Waals surface area contributed by atoms with E-state index in [0.717, 1.165) is 38.4 Å². The highest BCUT2D eigenvalue weighted by Gasteiger charge is 2.23. The Morgan fingerprint density at radius 3 is 2.91 bits per heavy atom. The number of unbranched alkanes of at least 4 members (excludes halogenated alkanes) is 1. The number of aldehydes is 1. The summed E-state index contributed by atoms with van der Waals surface area (Å²) >= 11 is 0. The second-order valence-electron chi connectivity index (χ2n) is 3.15. The molecule has 11 heavy (non-hydrogen) atoms. The summed E-state index contributed by atoms with van der Waals surface area (Å²) in [5, 5.41) is 0. The molecule has 0 radical (unpaired) electrons. The molecular weight excluding hydrogens is 140 g/mol. The standard InChI is InChI=1S/C9H14O2/c10-7-2-1-4-8-5-3-6-9(8)11/h7-8H,1-6H2. The smallest absolute Gasteiger partial charge is 0.135 e. The Kier molecular flexibility index (Phi) is 3.27. The second-order valence-corrected chi connectivity index (χ2v) is 3.15. The Hall–Kier alpha value is -0.660. The number of carbonyl (C=O) groups is 2. The summed E-state index contributed by atoms with van der Waals surface area (Å²) in [7, 11) is 0. The van der Waals surface area contributed by atoms with Crippen LogP contribution in [-0.4, -0.2) is 12.1 Å². The summed E-state index contributed by atoms with van der Waals surface area (Å²) in [5.41, 5.74) is 0. The number of hydrogen-bond acceptors (Lipinski definition) is 2. The molecule has 0 N–H and O–H groups in total. The van der Waals surface area contributed by atoms with Gasteiger partial charge in [-0.1, -0.05) is 0 Å². The van der Waals surface area contributed by atoms with Crippen molar-refractivity contribution in [2.45, 2.75) is 38.5 Å². The zero-order chi connectivity index (χ0) is 8.10. The Morgan fingerprint density at radius 1 is 1.55 bits per heavy atom. The fourth-order valence-corrected chi connectivity index (χ4v) is 1.64. The number of carbonyl (C=O) groups excluding carboxylic acids is 2. The van der Waals surface area contributed by atoms with E-state index in [2.05, 4.69) is 0 Å². The van der Waals surface area contributed by atoms with Crippen LogP contribution < -0.4 is 0 Å². The van der Waals surface area contributed by atoms with Crippen molar-refractivity contribution in [3.63, 3.8) is 0 Å². The predicted octanol–water partition coefficient (Wildman–Crippen LogP) is 1.72. The number of ketones is 1. The lowest BCUT2D eigenvalue weighted by molar-refractivity contribution is -0.121. The van der Waals surface area contributed by atoms with Crippen molar-refractivity contribution in [3.05, 3.63) is 0 Å². The van der Waals surface area contributed by atoms with E-state index in [1.165, 1.54) is 0 Å². The molecule has 62 valence electrons. The molecule has 1 unspecified atom stereocenters. The van der Waals surface area contributed by atoms with E-state index in [1.807, 2.05) is 0 Å². The summed E-state index contributed by atoms with van der Waals surface area (Å²) in [5.74, 6) is 0.700. The van der Waals surface area contributed by atoms with Gasteiger partial charge in [0.2, 0.25) is 0 Å². The molecule has 0 spiro atoms. The maximum atomic E-state index is 11.1. The molecule has 1 aliphatic carbocycles. The fraction of sp³-hybridized carbons (Fsp3) is 0.778. The van der Waals surface area contributed by atoms with Crippen LogP contribution in [-0.2, 0) is 9.59 Å². The topological polar surface area (TPSA) is 34.1 Å². The summed E-state index contributed by atoms with van der Waals surface area (Å²) in [6.07, 6.45) is 6.24. The minimum absolute atomic E-state index is 0.287. The Balaban J connectivity index is 2.15. The molecule has 0 aromatic rings. The minimum atomic E-state index is 0.287. The largest absolute Gasteiger partial charge is 0.303 e. The molecule has 0 bridgehead atoms. The van der Waals surface area contributed by atoms with Crippen LogP contribution in [0.4, 0.5) is 0 Å². The van der Waals surface area contributed by atoms with E-state index < -0.39 is 0 Å². The molecule has 1 atom stereocenters. The summed E-state index contributed by atoms with van der Waals surface area (Å²) in [6, 6.07) is 0. The third-order valence-electron chi connectivity index (χ3n) is 2.31. The Morgan fingerprint density at radius 2 is 2.36 bits per heavy atom. The highest BCUT2D eigenvalue weighted by atomic mass is 16.1. The molecule has 0 amide bonds. The number of rotatable bonds is 4. The Bertz CT molecular complexity index is 152. The van der Waals surface area contributed by atoms with Crippen LogP contribution in [0.15, 0.2) is 0 Å². The molecule has 1 saturated carbocycles. The molecule has 1 fully saturated rings. The lowest BCUT2D eigenvalue weighted by Crippen LogP contribution is -2.05. The summed E-state index contributed by atoms with van der Waals surface area (Å²) < 4.78 is 0. The number of Topliss-reactive ketones (excluding diaryl/α,β-unsaturated/α-hetero) is 1. The molecule has 0 aliphatic heterocycles. The van der Waals surface area contributed by atoms with Crippen LogP contribution in [0.2, 0.25) is 0 Å². The van der Waals surface area contributed by atoms with Gasteiger partial charge in [0.25, 0.3) is 0 Å². The first-order valence-corrected chi connectivity index (χ1v) is 4.31. The summed E-state index contributed by atoms with van der Waals surface area (Å²) in [6.45, 7) is 0. The molecule has 0 aromatic heterocycles. The first-order chi connectivity index (χ1) is 5.34. The van der Waals surface area contributed by atoms with E-state index in [-0.39, 0.29) is 5.92 Å². The van der Waals surface area contributed by atoms with E-state index in [4.69, 9.17) is 0 Å². The highest BCUT2D eigenvalue weighted by Crippen LogP contribution is 2.25. The van der Waals surface area contributed by atoms with Crippen molar-refractivity contribution >= 4 is 12.1 Å². The first kappa shape index (κ1) is 8.44. The van der Waals surface area contributed by atoms with Gasteiger partial charge in [0, 0.05) is 18.8 Å². The van der Waals surface area contributed by atoms with Crippen molar-refractivity contribution in [2.24, 2.45) is 5.92 Å². The molecule has 2 nitrogen and oxygen atoms in total. The van der Waals surface area contributed by atoms with Crippen molar-refractivity contribution in [1.29, 1.82) is 0 Å². The lowest BCUT2D eigenvalue weighted by atomic mass is 10.0. The normalized spacial score (nSPS) is 24.0. The van der Waals surface area contributed by atoms with Crippen LogP contribution >= 0.6 is 0 Å². The first-order valence-electron chi connectivity index (χ1n) is 4.31. The van der Waals surface area contributed by atoms with Crippen LogP contribution in [0, 0.1) is 5.92 Å². The van der Waals surface area contributed by atoms with Crippen LogP contribution in [0.3, 0.4) is 0 Å². The average molecular weight is 154 g/mol. The van der Waals surface area contributed by atoms with E-state index in [9.17, 15) is 9.59 Å². The van der Waals surface area contributed by atoms with Gasteiger partial charge in [0.1, 0.15) is 12.1 Å². The number of hydrogen-bond donors (Lipinski definition) is 0. The Labute approximate surface area is 67.0 Å². The zero-order valence-corrected chi connectivity index (χ0v) is 6.71. The van der Waals surface area contributed by atoms with Crippen molar-refractivity contribution in [3.8, 4) is 0 Å². The van der Waals surface area contributed by atoms with Gasteiger partial charge in [0.15, 0.2) is 0 Å². The molecule has 1 rings (SSSR count). The maximum Gasteiger partial charge on any atom is 0.135 e. The van der Waals surface area contributed by atoms with Crippen molar-refractivity contribution in [1.82, 2.24) is 0 Å². The molecule has 0 heterocycles. The molecule has 2 heteroatoms. The molecule has 0 aromatic carbocycles. The second kappa shape index (κ2) is 4.27. The summed E-state index contributed by atoms with van der Waals surface area (Å²) in [4.78, 5) is 21.1. The van der Waals surface area contributed by atoms with Crippen LogP contribution in [0.25, 0.3) is 0 Å². The van der Waals surface area contributed by atoms with E-state index >= 15 is 0 Å². The third-order valence-corrected chi connectivity index (χ3v) is 2.31. The maximum absolute atomic E-state index is 11.1. The quantitative estimate of drug-likeness (QED) is 0.456. The van der Waals surface area contributed by atoms with Crippen LogP contribution in [0.1, 0.15) is 38.5 Å². The van der Waals surface area contributed by atoms with Crippen LogP contribution in [0.5, 0.6) is 0 Å². The van der Waals surface area contributed by atoms with Crippen molar-refractivity contribution < 1.29 is 9.59 Å². The fourth-order valence-electron chi connectivity index (χ4n) is 1.64. The van der Waals surface area contributed by atoms with E-state index in [0.29, 0.717) is 12.2 Å². The monoisotopic (exact) mass is 154 g/mol.